The minimum atomic E-state index is 0.199. The lowest BCUT2D eigenvalue weighted by Gasteiger charge is -2.13. The summed E-state index contributed by atoms with van der Waals surface area (Å²) in [5, 5.41) is 7.55. The summed E-state index contributed by atoms with van der Waals surface area (Å²) in [4.78, 5) is 5.59. The van der Waals surface area contributed by atoms with E-state index < -0.39 is 0 Å². The quantitative estimate of drug-likeness (QED) is 0.787. The number of pyridine rings is 1. The fourth-order valence-electron chi connectivity index (χ4n) is 1.89. The van der Waals surface area contributed by atoms with Gasteiger partial charge in [0.05, 0.1) is 22.3 Å². The van der Waals surface area contributed by atoms with Gasteiger partial charge in [-0.15, -0.1) is 11.3 Å². The fraction of sp³-hybridized carbons (Fsp3) is 0.143. The summed E-state index contributed by atoms with van der Waals surface area (Å²) in [6.45, 7) is 2.10. The van der Waals surface area contributed by atoms with Crippen LogP contribution in [0.5, 0.6) is 0 Å². The molecule has 3 rings (SSSR count). The summed E-state index contributed by atoms with van der Waals surface area (Å²) in [6.07, 6.45) is 5.41. The molecular weight excluding hydrogens is 292 g/mol. The van der Waals surface area contributed by atoms with Crippen LogP contribution in [-0.2, 0) is 0 Å². The van der Waals surface area contributed by atoms with Crippen LogP contribution in [0.4, 0.5) is 5.69 Å². The summed E-state index contributed by atoms with van der Waals surface area (Å²) in [5.41, 5.74) is 0.970. The highest BCUT2D eigenvalue weighted by Gasteiger charge is 2.08. The first-order valence-corrected chi connectivity index (χ1v) is 7.39. The molecule has 0 spiro atoms. The standard InChI is InChI=1S/C14H13ClN4S/c1-10(12-4-5-13(15)20-12)18-11-3-6-14(16-9-11)19-8-2-7-17-19/h2-10,18H,1H3. The second kappa shape index (κ2) is 5.64. The van der Waals surface area contributed by atoms with Crippen molar-refractivity contribution in [2.75, 3.05) is 5.32 Å². The maximum atomic E-state index is 5.95. The lowest BCUT2D eigenvalue weighted by Crippen LogP contribution is -2.06. The SMILES string of the molecule is CC(Nc1ccc(-n2cccn2)nc1)c1ccc(Cl)s1. The second-order valence-corrected chi connectivity index (χ2v) is 6.11. The molecule has 3 aromatic rings. The van der Waals surface area contributed by atoms with Gasteiger partial charge in [-0.1, -0.05) is 11.6 Å². The summed E-state index contributed by atoms with van der Waals surface area (Å²) in [6, 6.07) is 9.95. The molecule has 0 aliphatic rings. The number of aromatic nitrogens is 3. The molecule has 0 saturated carbocycles. The van der Waals surface area contributed by atoms with Crippen molar-refractivity contribution >= 4 is 28.6 Å². The van der Waals surface area contributed by atoms with Crippen molar-refractivity contribution in [3.05, 3.63) is 58.1 Å². The van der Waals surface area contributed by atoms with Crippen LogP contribution in [0.3, 0.4) is 0 Å². The van der Waals surface area contributed by atoms with Gasteiger partial charge in [0, 0.05) is 17.3 Å². The minimum absolute atomic E-state index is 0.199. The van der Waals surface area contributed by atoms with Crippen LogP contribution < -0.4 is 5.32 Å². The Morgan fingerprint density at radius 1 is 1.30 bits per heavy atom. The second-order valence-electron chi connectivity index (χ2n) is 4.36. The molecule has 0 aromatic carbocycles. The van der Waals surface area contributed by atoms with E-state index in [9.17, 15) is 0 Å². The van der Waals surface area contributed by atoms with Crippen molar-refractivity contribution in [3.63, 3.8) is 0 Å². The predicted octanol–water partition coefficient (Wildman–Crippen LogP) is 4.16. The van der Waals surface area contributed by atoms with Crippen molar-refractivity contribution in [1.29, 1.82) is 0 Å². The van der Waals surface area contributed by atoms with Gasteiger partial charge in [-0.25, -0.2) is 9.67 Å². The van der Waals surface area contributed by atoms with E-state index in [1.165, 1.54) is 4.88 Å². The Kier molecular flexibility index (Phi) is 3.71. The van der Waals surface area contributed by atoms with Crippen LogP contribution >= 0.6 is 22.9 Å². The third-order valence-corrected chi connectivity index (χ3v) is 4.30. The zero-order valence-corrected chi connectivity index (χ0v) is 12.4. The van der Waals surface area contributed by atoms with E-state index in [1.807, 2.05) is 42.7 Å². The Hall–Kier alpha value is -1.85. The summed E-state index contributed by atoms with van der Waals surface area (Å²) in [5.74, 6) is 0.798. The lowest BCUT2D eigenvalue weighted by molar-refractivity contribution is 0.844. The molecule has 1 atom stereocenters. The molecule has 3 heterocycles. The van der Waals surface area contributed by atoms with Crippen molar-refractivity contribution in [1.82, 2.24) is 14.8 Å². The first-order chi connectivity index (χ1) is 9.72. The van der Waals surface area contributed by atoms with Gasteiger partial charge in [-0.05, 0) is 37.3 Å². The van der Waals surface area contributed by atoms with Gasteiger partial charge < -0.3 is 5.32 Å². The van der Waals surface area contributed by atoms with Gasteiger partial charge >= 0.3 is 0 Å². The van der Waals surface area contributed by atoms with Gasteiger partial charge in [0.1, 0.15) is 0 Å². The van der Waals surface area contributed by atoms with E-state index in [4.69, 9.17) is 11.6 Å². The molecule has 0 bridgehead atoms. The highest BCUT2D eigenvalue weighted by atomic mass is 35.5. The van der Waals surface area contributed by atoms with Crippen LogP contribution in [0.2, 0.25) is 4.34 Å². The average Bonchev–Trinajstić information content (AvgIpc) is 3.10. The number of nitrogens with zero attached hydrogens (tertiary/aromatic N) is 3. The van der Waals surface area contributed by atoms with Crippen molar-refractivity contribution in [2.24, 2.45) is 0 Å². The van der Waals surface area contributed by atoms with Crippen LogP contribution in [0.25, 0.3) is 5.82 Å². The van der Waals surface area contributed by atoms with E-state index in [1.54, 1.807) is 22.2 Å². The molecule has 0 aliphatic carbocycles. The topological polar surface area (TPSA) is 42.7 Å². The van der Waals surface area contributed by atoms with E-state index in [0.717, 1.165) is 15.8 Å². The van der Waals surface area contributed by atoms with E-state index in [2.05, 4.69) is 22.3 Å². The summed E-state index contributed by atoms with van der Waals surface area (Å²) >= 11 is 7.54. The molecule has 20 heavy (non-hydrogen) atoms. The number of hydrogen-bond donors (Lipinski definition) is 1. The molecule has 0 fully saturated rings. The highest BCUT2D eigenvalue weighted by molar-refractivity contribution is 7.16. The Morgan fingerprint density at radius 2 is 2.20 bits per heavy atom. The highest BCUT2D eigenvalue weighted by Crippen LogP contribution is 2.28. The largest absolute Gasteiger partial charge is 0.376 e. The normalized spacial score (nSPS) is 12.3. The number of nitrogens with one attached hydrogen (secondary N) is 1. The summed E-state index contributed by atoms with van der Waals surface area (Å²) < 4.78 is 2.53. The van der Waals surface area contributed by atoms with Crippen LogP contribution in [0.1, 0.15) is 17.8 Å². The molecule has 0 aliphatic heterocycles. The molecule has 0 saturated heterocycles. The molecule has 1 unspecified atom stereocenters. The lowest BCUT2D eigenvalue weighted by atomic mass is 10.2. The third-order valence-electron chi connectivity index (χ3n) is 2.89. The Morgan fingerprint density at radius 3 is 2.80 bits per heavy atom. The summed E-state index contributed by atoms with van der Waals surface area (Å²) in [7, 11) is 0. The minimum Gasteiger partial charge on any atom is -0.376 e. The third kappa shape index (κ3) is 2.84. The van der Waals surface area contributed by atoms with E-state index in [0.29, 0.717) is 0 Å². The number of thiophene rings is 1. The molecule has 0 radical (unpaired) electrons. The number of hydrogen-bond acceptors (Lipinski definition) is 4. The van der Waals surface area contributed by atoms with Crippen LogP contribution in [0.15, 0.2) is 48.9 Å². The van der Waals surface area contributed by atoms with Gasteiger partial charge in [-0.2, -0.15) is 5.10 Å². The first kappa shape index (κ1) is 13.1. The molecule has 1 N–H and O–H groups in total. The van der Waals surface area contributed by atoms with Gasteiger partial charge in [0.2, 0.25) is 0 Å². The molecule has 0 amide bonds. The van der Waals surface area contributed by atoms with Crippen molar-refractivity contribution < 1.29 is 0 Å². The fourth-order valence-corrected chi connectivity index (χ4v) is 2.96. The predicted molar refractivity (Wildman–Crippen MR) is 82.7 cm³/mol. The van der Waals surface area contributed by atoms with Gasteiger partial charge in [0.25, 0.3) is 0 Å². The van der Waals surface area contributed by atoms with Crippen LogP contribution in [-0.4, -0.2) is 14.8 Å². The zero-order chi connectivity index (χ0) is 13.9. The average molecular weight is 305 g/mol. The number of anilines is 1. The van der Waals surface area contributed by atoms with E-state index in [-0.39, 0.29) is 6.04 Å². The van der Waals surface area contributed by atoms with E-state index >= 15 is 0 Å². The maximum absolute atomic E-state index is 5.95. The number of halogens is 1. The molecule has 3 aromatic heterocycles. The van der Waals surface area contributed by atoms with Crippen LogP contribution in [0, 0.1) is 0 Å². The van der Waals surface area contributed by atoms with Gasteiger partial charge in [-0.3, -0.25) is 0 Å². The number of rotatable bonds is 4. The van der Waals surface area contributed by atoms with Crippen molar-refractivity contribution in [3.8, 4) is 5.82 Å². The molecule has 4 nitrogen and oxygen atoms in total. The molecule has 102 valence electrons. The van der Waals surface area contributed by atoms with Crippen molar-refractivity contribution in [2.45, 2.75) is 13.0 Å². The zero-order valence-electron chi connectivity index (χ0n) is 10.8. The molecular formula is C14H13ClN4S. The Balaban J connectivity index is 1.72. The maximum Gasteiger partial charge on any atom is 0.153 e. The first-order valence-electron chi connectivity index (χ1n) is 6.20. The Bertz CT molecular complexity index is 676. The van der Waals surface area contributed by atoms with Gasteiger partial charge in [0.15, 0.2) is 5.82 Å². The molecule has 6 heteroatoms. The Labute approximate surface area is 126 Å². The monoisotopic (exact) mass is 304 g/mol. The smallest absolute Gasteiger partial charge is 0.153 e.